The highest BCUT2D eigenvalue weighted by atomic mass is 32.2. The van der Waals surface area contributed by atoms with E-state index >= 15 is 0 Å². The molecule has 2 aliphatic heterocycles. The number of carbonyl (C=O) groups is 1. The largest absolute Gasteiger partial charge is 0.358 e. The molecule has 3 rings (SSSR count). The van der Waals surface area contributed by atoms with Crippen molar-refractivity contribution in [3.8, 4) is 0 Å². The van der Waals surface area contributed by atoms with Crippen LogP contribution in [0.3, 0.4) is 0 Å². The fraction of sp³-hybridized carbons (Fsp3) is 0.562. The zero-order valence-corrected chi connectivity index (χ0v) is 14.6. The van der Waals surface area contributed by atoms with Gasteiger partial charge in [-0.15, -0.1) is 0 Å². The second-order valence-electron chi connectivity index (χ2n) is 6.61. The number of halogens is 1. The molecule has 0 unspecified atom stereocenters. The van der Waals surface area contributed by atoms with Gasteiger partial charge in [-0.05, 0) is 30.0 Å². The van der Waals surface area contributed by atoms with Crippen LogP contribution in [0.15, 0.2) is 24.3 Å². The van der Waals surface area contributed by atoms with Crippen molar-refractivity contribution in [3.05, 3.63) is 35.6 Å². The van der Waals surface area contributed by atoms with Crippen LogP contribution < -0.4 is 5.32 Å². The molecule has 1 N–H and O–H groups in total. The van der Waals surface area contributed by atoms with Crippen molar-refractivity contribution in [2.24, 2.45) is 5.92 Å². The van der Waals surface area contributed by atoms with Crippen LogP contribution in [0.5, 0.6) is 0 Å². The van der Waals surface area contributed by atoms with E-state index < -0.39 is 16.1 Å². The summed E-state index contributed by atoms with van der Waals surface area (Å²) in [6, 6.07) is 5.61. The van der Waals surface area contributed by atoms with Crippen LogP contribution in [0.4, 0.5) is 4.39 Å². The van der Waals surface area contributed by atoms with Crippen LogP contribution >= 0.6 is 0 Å². The third-order valence-electron chi connectivity index (χ3n) is 4.87. The van der Waals surface area contributed by atoms with Crippen molar-refractivity contribution in [1.82, 2.24) is 14.5 Å². The van der Waals surface area contributed by atoms with Gasteiger partial charge < -0.3 is 5.32 Å². The molecule has 2 fully saturated rings. The van der Waals surface area contributed by atoms with E-state index in [9.17, 15) is 17.6 Å². The number of hydrogen-bond donors (Lipinski definition) is 1. The van der Waals surface area contributed by atoms with E-state index in [1.807, 2.05) is 6.07 Å². The quantitative estimate of drug-likeness (QED) is 0.849. The number of carbonyl (C=O) groups excluding carboxylic acids is 1. The molecule has 0 aliphatic carbocycles. The van der Waals surface area contributed by atoms with Crippen molar-refractivity contribution < 1.29 is 17.6 Å². The van der Waals surface area contributed by atoms with Gasteiger partial charge in [0.25, 0.3) is 0 Å². The number of nitrogens with one attached hydrogen (secondary N) is 1. The Labute approximate surface area is 141 Å². The van der Waals surface area contributed by atoms with Crippen molar-refractivity contribution in [2.45, 2.75) is 25.0 Å². The molecule has 1 aromatic rings. The van der Waals surface area contributed by atoms with E-state index in [0.717, 1.165) is 11.8 Å². The first kappa shape index (κ1) is 17.3. The second kappa shape index (κ2) is 6.42. The number of fused-ring (bicyclic) bond motifs is 1. The fourth-order valence-corrected chi connectivity index (χ4v) is 5.35. The molecule has 3 atom stereocenters. The zero-order chi connectivity index (χ0) is 17.5. The molecule has 132 valence electrons. The lowest BCUT2D eigenvalue weighted by molar-refractivity contribution is -0.124. The molecule has 1 aromatic carbocycles. The van der Waals surface area contributed by atoms with Crippen LogP contribution in [0.2, 0.25) is 0 Å². The average molecular weight is 355 g/mol. The summed E-state index contributed by atoms with van der Waals surface area (Å²) in [6.07, 6.45) is 1.68. The third-order valence-corrected chi connectivity index (χ3v) is 6.16. The van der Waals surface area contributed by atoms with E-state index in [2.05, 4.69) is 10.2 Å². The van der Waals surface area contributed by atoms with Gasteiger partial charge in [-0.3, -0.25) is 9.69 Å². The number of rotatable bonds is 4. The monoisotopic (exact) mass is 355 g/mol. The molecule has 1 amide bonds. The number of likely N-dealkylation sites (N-methyl/N-ethyl adjacent to an activating group) is 1. The van der Waals surface area contributed by atoms with Crippen molar-refractivity contribution >= 4 is 15.9 Å². The van der Waals surface area contributed by atoms with E-state index in [0.29, 0.717) is 26.1 Å². The summed E-state index contributed by atoms with van der Waals surface area (Å²) >= 11 is 0. The van der Waals surface area contributed by atoms with Gasteiger partial charge in [0.1, 0.15) is 11.9 Å². The molecule has 24 heavy (non-hydrogen) atoms. The Morgan fingerprint density at radius 1 is 1.38 bits per heavy atom. The average Bonchev–Trinajstić information content (AvgIpc) is 3.02. The summed E-state index contributed by atoms with van der Waals surface area (Å²) in [7, 11) is -1.96. The molecular formula is C16H22FN3O3S. The predicted octanol–water partition coefficient (Wildman–Crippen LogP) is 0.406. The summed E-state index contributed by atoms with van der Waals surface area (Å²) in [6.45, 7) is 1.84. The summed E-state index contributed by atoms with van der Waals surface area (Å²) in [5.74, 6) is -0.411. The van der Waals surface area contributed by atoms with Gasteiger partial charge in [-0.1, -0.05) is 12.1 Å². The van der Waals surface area contributed by atoms with Crippen LogP contribution in [0.25, 0.3) is 0 Å². The number of nitrogens with zero attached hydrogens (tertiary/aromatic N) is 2. The lowest BCUT2D eigenvalue weighted by atomic mass is 10.0. The summed E-state index contributed by atoms with van der Waals surface area (Å²) in [4.78, 5) is 14.2. The van der Waals surface area contributed by atoms with Crippen LogP contribution in [0.1, 0.15) is 12.0 Å². The first-order chi connectivity index (χ1) is 11.3. The number of amides is 1. The normalized spacial score (nSPS) is 28.0. The van der Waals surface area contributed by atoms with E-state index in [4.69, 9.17) is 0 Å². The fourth-order valence-electron chi connectivity index (χ4n) is 3.97. The number of hydrogen-bond acceptors (Lipinski definition) is 4. The Kier molecular flexibility index (Phi) is 4.63. The van der Waals surface area contributed by atoms with E-state index in [1.165, 1.54) is 23.5 Å². The van der Waals surface area contributed by atoms with Gasteiger partial charge in [0.05, 0.1) is 6.26 Å². The number of benzene rings is 1. The summed E-state index contributed by atoms with van der Waals surface area (Å²) in [5, 5.41) is 2.56. The van der Waals surface area contributed by atoms with Gasteiger partial charge in [0.15, 0.2) is 0 Å². The Balaban J connectivity index is 1.76. The van der Waals surface area contributed by atoms with Gasteiger partial charge >= 0.3 is 0 Å². The van der Waals surface area contributed by atoms with Gasteiger partial charge in [0, 0.05) is 32.7 Å². The van der Waals surface area contributed by atoms with E-state index in [1.54, 1.807) is 6.07 Å². The molecule has 6 nitrogen and oxygen atoms in total. The molecule has 2 heterocycles. The van der Waals surface area contributed by atoms with Crippen LogP contribution in [-0.4, -0.2) is 62.0 Å². The lowest BCUT2D eigenvalue weighted by Crippen LogP contribution is -2.49. The maximum atomic E-state index is 13.3. The molecular weight excluding hydrogens is 333 g/mol. The van der Waals surface area contributed by atoms with Crippen molar-refractivity contribution in [1.29, 1.82) is 0 Å². The molecule has 8 heteroatoms. The molecule has 0 radical (unpaired) electrons. The highest BCUT2D eigenvalue weighted by Crippen LogP contribution is 2.38. The summed E-state index contributed by atoms with van der Waals surface area (Å²) < 4.78 is 39.1. The highest BCUT2D eigenvalue weighted by Gasteiger charge is 2.52. The minimum atomic E-state index is -3.48. The van der Waals surface area contributed by atoms with Crippen LogP contribution in [-0.2, 0) is 21.4 Å². The summed E-state index contributed by atoms with van der Waals surface area (Å²) in [5.41, 5.74) is 0.865. The standard InChI is InChI=1S/C16H22FN3O3S/c1-18-16(21)14-7-12-9-19(8-11-4-3-5-13(17)6-11)10-15(12)20(14)24(2,22)23/h3-6,12,14-15H,7-10H2,1-2H3,(H,18,21)/t12-,14-,15+/m1/s1. The molecule has 0 spiro atoms. The topological polar surface area (TPSA) is 69.7 Å². The number of sulfonamides is 1. The van der Waals surface area contributed by atoms with Gasteiger partial charge in [-0.2, -0.15) is 4.31 Å². The first-order valence-electron chi connectivity index (χ1n) is 7.96. The minimum absolute atomic E-state index is 0.121. The Morgan fingerprint density at radius 3 is 2.75 bits per heavy atom. The maximum Gasteiger partial charge on any atom is 0.238 e. The molecule has 2 saturated heterocycles. The second-order valence-corrected chi connectivity index (χ2v) is 8.50. The molecule has 0 bridgehead atoms. The SMILES string of the molecule is CNC(=O)[C@H]1C[C@@H]2CN(Cc3cccc(F)c3)C[C@@H]2N1S(C)(=O)=O. The smallest absolute Gasteiger partial charge is 0.238 e. The van der Waals surface area contributed by atoms with Gasteiger partial charge in [-0.25, -0.2) is 12.8 Å². The molecule has 0 aromatic heterocycles. The van der Waals surface area contributed by atoms with Crippen molar-refractivity contribution in [3.63, 3.8) is 0 Å². The van der Waals surface area contributed by atoms with E-state index in [-0.39, 0.29) is 23.7 Å². The first-order valence-corrected chi connectivity index (χ1v) is 9.81. The van der Waals surface area contributed by atoms with Crippen molar-refractivity contribution in [2.75, 3.05) is 26.4 Å². The zero-order valence-electron chi connectivity index (χ0n) is 13.8. The minimum Gasteiger partial charge on any atom is -0.358 e. The van der Waals surface area contributed by atoms with Gasteiger partial charge in [0.2, 0.25) is 15.9 Å². The Morgan fingerprint density at radius 2 is 2.12 bits per heavy atom. The third kappa shape index (κ3) is 3.31. The number of likely N-dealkylation sites (tertiary alicyclic amines) is 1. The lowest BCUT2D eigenvalue weighted by Gasteiger charge is -2.27. The Bertz CT molecular complexity index is 740. The predicted molar refractivity (Wildman–Crippen MR) is 88.1 cm³/mol. The Hall–Kier alpha value is -1.51. The maximum absolute atomic E-state index is 13.3. The van der Waals surface area contributed by atoms with Crippen LogP contribution in [0, 0.1) is 11.7 Å². The molecule has 2 aliphatic rings. The molecule has 0 saturated carbocycles. The highest BCUT2D eigenvalue weighted by molar-refractivity contribution is 7.88.